The average Bonchev–Trinajstić information content (AvgIpc) is 3.08. The van der Waals surface area contributed by atoms with Crippen LogP contribution in [0.25, 0.3) is 11.1 Å². The third-order valence-electron chi connectivity index (χ3n) is 4.73. The molecule has 3 rings (SSSR count). The van der Waals surface area contributed by atoms with E-state index in [4.69, 9.17) is 21.1 Å². The van der Waals surface area contributed by atoms with Gasteiger partial charge < -0.3 is 14.8 Å². The Labute approximate surface area is 204 Å². The van der Waals surface area contributed by atoms with Crippen LogP contribution in [-0.4, -0.2) is 25.6 Å². The summed E-state index contributed by atoms with van der Waals surface area (Å²) in [5.41, 5.74) is 2.96. The summed E-state index contributed by atoms with van der Waals surface area (Å²) in [6.45, 7) is 3.81. The van der Waals surface area contributed by atoms with Crippen molar-refractivity contribution in [3.8, 4) is 16.9 Å². The minimum atomic E-state index is -0.533. The number of aryl methyl sites for hydroxylation is 2. The summed E-state index contributed by atoms with van der Waals surface area (Å²) >= 11 is 10.9. The maximum atomic E-state index is 12.6. The van der Waals surface area contributed by atoms with Gasteiger partial charge in [0, 0.05) is 15.5 Å². The third-order valence-corrected chi connectivity index (χ3v) is 6.61. The van der Waals surface area contributed by atoms with Crippen molar-refractivity contribution in [2.75, 3.05) is 19.0 Å². The number of hydrogen-bond donors (Lipinski definition) is 1. The second kappa shape index (κ2) is 11.0. The van der Waals surface area contributed by atoms with E-state index < -0.39 is 5.97 Å². The van der Waals surface area contributed by atoms with Crippen LogP contribution in [0.2, 0.25) is 5.02 Å². The van der Waals surface area contributed by atoms with Crippen molar-refractivity contribution in [3.63, 3.8) is 0 Å². The summed E-state index contributed by atoms with van der Waals surface area (Å²) in [6.07, 6.45) is 2.03. The maximum Gasteiger partial charge on any atom is 0.341 e. The lowest BCUT2D eigenvalue weighted by atomic mass is 10.0. The van der Waals surface area contributed by atoms with Gasteiger partial charge >= 0.3 is 5.97 Å². The predicted molar refractivity (Wildman–Crippen MR) is 133 cm³/mol. The van der Waals surface area contributed by atoms with Crippen LogP contribution in [0.15, 0.2) is 46.9 Å². The molecule has 2 aromatic carbocycles. The van der Waals surface area contributed by atoms with Crippen molar-refractivity contribution < 1.29 is 19.1 Å². The Morgan fingerprint density at radius 1 is 1.19 bits per heavy atom. The molecule has 0 spiro atoms. The lowest BCUT2D eigenvalue weighted by molar-refractivity contribution is -0.118. The number of methoxy groups -OCH3 is 1. The van der Waals surface area contributed by atoms with Crippen LogP contribution in [-0.2, 0) is 16.0 Å². The van der Waals surface area contributed by atoms with Crippen molar-refractivity contribution in [2.24, 2.45) is 0 Å². The van der Waals surface area contributed by atoms with E-state index in [0.29, 0.717) is 26.9 Å². The third kappa shape index (κ3) is 5.71. The molecule has 0 aliphatic heterocycles. The molecule has 0 bridgehead atoms. The van der Waals surface area contributed by atoms with Crippen molar-refractivity contribution in [2.45, 2.75) is 26.7 Å². The zero-order valence-electron chi connectivity index (χ0n) is 18.0. The molecule has 168 valence electrons. The molecule has 8 heteroatoms. The number of thiophene rings is 1. The minimum Gasteiger partial charge on any atom is -0.483 e. The van der Waals surface area contributed by atoms with Crippen LogP contribution < -0.4 is 10.1 Å². The number of benzene rings is 2. The smallest absolute Gasteiger partial charge is 0.341 e. The Bertz CT molecular complexity index is 1150. The molecule has 32 heavy (non-hydrogen) atoms. The summed E-state index contributed by atoms with van der Waals surface area (Å²) in [7, 11) is 1.31. The minimum absolute atomic E-state index is 0.199. The van der Waals surface area contributed by atoms with Gasteiger partial charge in [-0.05, 0) is 64.7 Å². The molecule has 1 heterocycles. The summed E-state index contributed by atoms with van der Waals surface area (Å²) < 4.78 is 11.5. The molecular weight excluding hydrogens is 514 g/mol. The van der Waals surface area contributed by atoms with Crippen molar-refractivity contribution in [1.82, 2.24) is 0 Å². The first-order chi connectivity index (χ1) is 15.3. The first kappa shape index (κ1) is 24.3. The van der Waals surface area contributed by atoms with Crippen LogP contribution >= 0.6 is 38.9 Å². The van der Waals surface area contributed by atoms with E-state index in [1.165, 1.54) is 24.0 Å². The van der Waals surface area contributed by atoms with Gasteiger partial charge in [0.1, 0.15) is 16.3 Å². The highest BCUT2D eigenvalue weighted by atomic mass is 79.9. The lowest BCUT2D eigenvalue weighted by Crippen LogP contribution is -2.21. The number of halogens is 2. The van der Waals surface area contributed by atoms with E-state index in [9.17, 15) is 9.59 Å². The molecular formula is C24H23BrClNO4S. The molecule has 0 fully saturated rings. The first-order valence-electron chi connectivity index (χ1n) is 10.0. The van der Waals surface area contributed by atoms with Crippen LogP contribution in [0.3, 0.4) is 0 Å². The maximum absolute atomic E-state index is 12.6. The van der Waals surface area contributed by atoms with E-state index in [0.717, 1.165) is 27.8 Å². The quantitative estimate of drug-likeness (QED) is 0.318. The van der Waals surface area contributed by atoms with Gasteiger partial charge in [-0.25, -0.2) is 4.79 Å². The van der Waals surface area contributed by atoms with E-state index in [1.54, 1.807) is 12.1 Å². The number of carbonyl (C=O) groups excluding carboxylic acids is 2. The Morgan fingerprint density at radius 3 is 2.62 bits per heavy atom. The molecule has 0 radical (unpaired) electrons. The molecule has 0 unspecified atom stereocenters. The number of ether oxygens (including phenoxy) is 2. The number of carbonyl (C=O) groups is 2. The monoisotopic (exact) mass is 535 g/mol. The molecule has 0 saturated heterocycles. The normalized spacial score (nSPS) is 10.7. The SMILES string of the molecule is CCCc1ccc(OCC(=O)Nc2sc(C)c(-c3cccc(Cl)c3)c2C(=O)OC)c(Br)c1. The number of rotatable bonds is 8. The van der Waals surface area contributed by atoms with Crippen LogP contribution in [0.4, 0.5) is 5.00 Å². The summed E-state index contributed by atoms with van der Waals surface area (Å²) in [4.78, 5) is 26.1. The zero-order valence-corrected chi connectivity index (χ0v) is 21.1. The van der Waals surface area contributed by atoms with Crippen molar-refractivity contribution >= 4 is 55.7 Å². The second-order valence-corrected chi connectivity index (χ2v) is 9.61. The van der Waals surface area contributed by atoms with E-state index >= 15 is 0 Å². The highest BCUT2D eigenvalue weighted by Gasteiger charge is 2.25. The topological polar surface area (TPSA) is 64.6 Å². The average molecular weight is 537 g/mol. The number of nitrogens with one attached hydrogen (secondary N) is 1. The largest absolute Gasteiger partial charge is 0.483 e. The van der Waals surface area contributed by atoms with Crippen LogP contribution in [0.1, 0.15) is 34.1 Å². The van der Waals surface area contributed by atoms with E-state index in [2.05, 4.69) is 28.2 Å². The van der Waals surface area contributed by atoms with Gasteiger partial charge in [0.15, 0.2) is 6.61 Å². The summed E-state index contributed by atoms with van der Waals surface area (Å²) in [5, 5.41) is 3.76. The second-order valence-electron chi connectivity index (χ2n) is 7.09. The molecule has 0 aliphatic carbocycles. The Kier molecular flexibility index (Phi) is 8.34. The number of hydrogen-bond acceptors (Lipinski definition) is 5. The highest BCUT2D eigenvalue weighted by molar-refractivity contribution is 9.10. The molecule has 0 saturated carbocycles. The van der Waals surface area contributed by atoms with E-state index in [-0.39, 0.29) is 12.5 Å². The van der Waals surface area contributed by atoms with Crippen LogP contribution in [0.5, 0.6) is 5.75 Å². The Balaban J connectivity index is 1.80. The van der Waals surface area contributed by atoms with Gasteiger partial charge in [0.25, 0.3) is 5.91 Å². The highest BCUT2D eigenvalue weighted by Crippen LogP contribution is 2.41. The molecule has 1 amide bonds. The Morgan fingerprint density at radius 2 is 1.97 bits per heavy atom. The molecule has 5 nitrogen and oxygen atoms in total. The van der Waals surface area contributed by atoms with Crippen molar-refractivity contribution in [3.05, 3.63) is 68.0 Å². The fourth-order valence-corrected chi connectivity index (χ4v) is 5.14. The fraction of sp³-hybridized carbons (Fsp3) is 0.250. The number of anilines is 1. The predicted octanol–water partition coefficient (Wildman–Crippen LogP) is 6.90. The standard InChI is InChI=1S/C24H23BrClNO4S/c1-4-6-15-9-10-19(18(25)11-15)31-13-20(28)27-23-22(24(29)30-3)21(14(2)32-23)16-7-5-8-17(26)12-16/h5,7-12H,4,6,13H2,1-3H3,(H,27,28). The molecule has 1 aromatic heterocycles. The van der Waals surface area contributed by atoms with Gasteiger partial charge in [-0.3, -0.25) is 4.79 Å². The number of esters is 1. The molecule has 3 aromatic rings. The van der Waals surface area contributed by atoms with Gasteiger partial charge in [-0.2, -0.15) is 0 Å². The first-order valence-corrected chi connectivity index (χ1v) is 12.0. The zero-order chi connectivity index (χ0) is 23.3. The number of amides is 1. The molecule has 1 N–H and O–H groups in total. The van der Waals surface area contributed by atoms with Gasteiger partial charge in [-0.1, -0.05) is 43.1 Å². The van der Waals surface area contributed by atoms with Gasteiger partial charge in [-0.15, -0.1) is 11.3 Å². The van der Waals surface area contributed by atoms with Gasteiger partial charge in [0.2, 0.25) is 0 Å². The summed E-state index contributed by atoms with van der Waals surface area (Å²) in [5.74, 6) is -0.330. The summed E-state index contributed by atoms with van der Waals surface area (Å²) in [6, 6.07) is 13.0. The van der Waals surface area contributed by atoms with Crippen LogP contribution in [0, 0.1) is 6.92 Å². The Hall–Kier alpha value is -2.35. The lowest BCUT2D eigenvalue weighted by Gasteiger charge is -2.11. The molecule has 0 aliphatic rings. The fourth-order valence-electron chi connectivity index (χ4n) is 3.33. The molecule has 0 atom stereocenters. The van der Waals surface area contributed by atoms with Gasteiger partial charge in [0.05, 0.1) is 11.6 Å². The van der Waals surface area contributed by atoms with Crippen molar-refractivity contribution in [1.29, 1.82) is 0 Å². The van der Waals surface area contributed by atoms with E-state index in [1.807, 2.05) is 37.3 Å².